The quantitative estimate of drug-likeness (QED) is 0.839. The molecule has 1 aromatic carbocycles. The number of hydrogen-bond donors (Lipinski definition) is 0. The molecule has 126 valence electrons. The zero-order chi connectivity index (χ0) is 16.9. The third-order valence-electron chi connectivity index (χ3n) is 4.72. The zero-order valence-corrected chi connectivity index (χ0v) is 14.9. The molecule has 1 aromatic heterocycles. The summed E-state index contributed by atoms with van der Waals surface area (Å²) < 4.78 is 23.7. The first-order valence-corrected chi connectivity index (χ1v) is 10.6. The lowest BCUT2D eigenvalue weighted by Crippen LogP contribution is -2.36. The molecule has 5 nitrogen and oxygen atoms in total. The van der Waals surface area contributed by atoms with Gasteiger partial charge in [0.2, 0.25) is 5.91 Å². The molecular weight excluding hydrogens is 344 g/mol. The van der Waals surface area contributed by atoms with Gasteiger partial charge in [0, 0.05) is 29.8 Å². The van der Waals surface area contributed by atoms with Crippen molar-refractivity contribution in [3.05, 3.63) is 46.5 Å². The first-order valence-electron chi connectivity index (χ1n) is 7.94. The van der Waals surface area contributed by atoms with Gasteiger partial charge in [-0.1, -0.05) is 29.8 Å². The van der Waals surface area contributed by atoms with E-state index in [9.17, 15) is 13.2 Å². The van der Waals surface area contributed by atoms with Gasteiger partial charge < -0.3 is 0 Å². The van der Waals surface area contributed by atoms with E-state index in [1.54, 1.807) is 11.1 Å². The smallest absolute Gasteiger partial charge is 0.229 e. The second-order valence-corrected chi connectivity index (χ2v) is 9.89. The summed E-state index contributed by atoms with van der Waals surface area (Å²) in [6, 6.07) is 8.11. The van der Waals surface area contributed by atoms with Crippen molar-refractivity contribution in [1.82, 2.24) is 4.98 Å². The summed E-state index contributed by atoms with van der Waals surface area (Å²) in [4.78, 5) is 19.4. The van der Waals surface area contributed by atoms with Gasteiger partial charge in [0.25, 0.3) is 0 Å². The molecule has 0 spiro atoms. The number of nitrogens with zero attached hydrogens (tertiary/aromatic N) is 2. The second-order valence-electron chi connectivity index (χ2n) is 6.64. The molecule has 2 fully saturated rings. The standard InChI is InChI=1S/C17H18N2O3S2/c1-11-2-4-12(5-3-11)6-14-8-18-17(23-14)19-15-10-24(21,22)9-13(15)7-16(19)20/h2-5,8,13,15H,6-7,9-10H2,1H3/t13-,15+/m0/s1. The van der Waals surface area contributed by atoms with Gasteiger partial charge in [0.1, 0.15) is 0 Å². The van der Waals surface area contributed by atoms with Gasteiger partial charge in [-0.05, 0) is 12.5 Å². The molecule has 3 heterocycles. The summed E-state index contributed by atoms with van der Waals surface area (Å²) in [5.41, 5.74) is 2.42. The number of carbonyl (C=O) groups is 1. The maximum Gasteiger partial charge on any atom is 0.229 e. The van der Waals surface area contributed by atoms with E-state index in [0.29, 0.717) is 11.6 Å². The molecule has 0 saturated carbocycles. The maximum atomic E-state index is 12.3. The van der Waals surface area contributed by atoms with E-state index in [1.165, 1.54) is 22.5 Å². The number of fused-ring (bicyclic) bond motifs is 1. The number of amides is 1. The molecular formula is C17H18N2O3S2. The summed E-state index contributed by atoms with van der Waals surface area (Å²) in [5.74, 6) is 0.112. The van der Waals surface area contributed by atoms with Gasteiger partial charge in [-0.2, -0.15) is 0 Å². The van der Waals surface area contributed by atoms with Crippen LogP contribution in [0.25, 0.3) is 0 Å². The lowest BCUT2D eigenvalue weighted by Gasteiger charge is -2.19. The minimum Gasteiger partial charge on any atom is -0.284 e. The first kappa shape index (κ1) is 15.8. The van der Waals surface area contributed by atoms with Crippen molar-refractivity contribution in [3.8, 4) is 0 Å². The first-order chi connectivity index (χ1) is 11.4. The number of rotatable bonds is 3. The Labute approximate surface area is 145 Å². The van der Waals surface area contributed by atoms with Crippen LogP contribution in [0.1, 0.15) is 22.4 Å². The van der Waals surface area contributed by atoms with E-state index in [1.807, 2.05) is 0 Å². The lowest BCUT2D eigenvalue weighted by atomic mass is 10.1. The molecule has 2 aliphatic heterocycles. The fourth-order valence-electron chi connectivity index (χ4n) is 3.54. The number of aromatic nitrogens is 1. The molecule has 0 N–H and O–H groups in total. The van der Waals surface area contributed by atoms with Crippen LogP contribution < -0.4 is 4.90 Å². The van der Waals surface area contributed by atoms with E-state index >= 15 is 0 Å². The van der Waals surface area contributed by atoms with E-state index in [2.05, 4.69) is 36.2 Å². The summed E-state index contributed by atoms with van der Waals surface area (Å²) in [6.45, 7) is 2.06. The number of carbonyl (C=O) groups excluding carboxylic acids is 1. The Bertz CT molecular complexity index is 887. The zero-order valence-electron chi connectivity index (χ0n) is 13.3. The number of thiazole rings is 1. The highest BCUT2D eigenvalue weighted by Gasteiger charge is 2.50. The number of hydrogen-bond acceptors (Lipinski definition) is 5. The molecule has 2 atom stereocenters. The third kappa shape index (κ3) is 2.86. The largest absolute Gasteiger partial charge is 0.284 e. The Morgan fingerprint density at radius 1 is 1.25 bits per heavy atom. The third-order valence-corrected chi connectivity index (χ3v) is 7.50. The Hall–Kier alpha value is -1.73. The van der Waals surface area contributed by atoms with Crippen LogP contribution in [0.4, 0.5) is 5.13 Å². The van der Waals surface area contributed by atoms with Crippen LogP contribution in [0.15, 0.2) is 30.5 Å². The summed E-state index contributed by atoms with van der Waals surface area (Å²) >= 11 is 1.48. The number of sulfone groups is 1. The Balaban J connectivity index is 1.56. The Kier molecular flexibility index (Phi) is 3.73. The van der Waals surface area contributed by atoms with Crippen molar-refractivity contribution < 1.29 is 13.2 Å². The molecule has 24 heavy (non-hydrogen) atoms. The molecule has 2 aliphatic rings. The van der Waals surface area contributed by atoms with E-state index in [4.69, 9.17) is 0 Å². The van der Waals surface area contributed by atoms with Crippen LogP contribution in [0.2, 0.25) is 0 Å². The van der Waals surface area contributed by atoms with Crippen LogP contribution in [-0.2, 0) is 21.1 Å². The fraction of sp³-hybridized carbons (Fsp3) is 0.412. The maximum absolute atomic E-state index is 12.3. The topological polar surface area (TPSA) is 67.3 Å². The van der Waals surface area contributed by atoms with Gasteiger partial charge in [-0.25, -0.2) is 13.4 Å². The van der Waals surface area contributed by atoms with E-state index < -0.39 is 9.84 Å². The van der Waals surface area contributed by atoms with E-state index in [0.717, 1.165) is 11.3 Å². The monoisotopic (exact) mass is 362 g/mol. The average Bonchev–Trinajstić information content (AvgIpc) is 3.14. The van der Waals surface area contributed by atoms with Crippen LogP contribution in [0.5, 0.6) is 0 Å². The number of anilines is 1. The van der Waals surface area contributed by atoms with Crippen LogP contribution in [-0.4, -0.2) is 36.9 Å². The van der Waals surface area contributed by atoms with E-state index in [-0.39, 0.29) is 29.4 Å². The van der Waals surface area contributed by atoms with Crippen molar-refractivity contribution in [1.29, 1.82) is 0 Å². The van der Waals surface area contributed by atoms with Crippen molar-refractivity contribution in [2.75, 3.05) is 16.4 Å². The highest BCUT2D eigenvalue weighted by molar-refractivity contribution is 7.91. The summed E-state index contributed by atoms with van der Waals surface area (Å²) in [7, 11) is -3.03. The van der Waals surface area contributed by atoms with Gasteiger partial charge in [-0.15, -0.1) is 11.3 Å². The number of benzene rings is 1. The van der Waals surface area contributed by atoms with Crippen molar-refractivity contribution in [3.63, 3.8) is 0 Å². The summed E-state index contributed by atoms with van der Waals surface area (Å²) in [6.07, 6.45) is 2.88. The lowest BCUT2D eigenvalue weighted by molar-refractivity contribution is -0.117. The molecule has 2 saturated heterocycles. The van der Waals surface area contributed by atoms with Crippen LogP contribution >= 0.6 is 11.3 Å². The number of aryl methyl sites for hydroxylation is 1. The second kappa shape index (κ2) is 5.67. The predicted octanol–water partition coefficient (Wildman–Crippen LogP) is 2.19. The highest BCUT2D eigenvalue weighted by Crippen LogP contribution is 2.38. The highest BCUT2D eigenvalue weighted by atomic mass is 32.2. The van der Waals surface area contributed by atoms with Gasteiger partial charge in [-0.3, -0.25) is 9.69 Å². The molecule has 0 bridgehead atoms. The van der Waals surface area contributed by atoms with Crippen LogP contribution in [0, 0.1) is 12.8 Å². The van der Waals surface area contributed by atoms with Crippen molar-refractivity contribution in [2.45, 2.75) is 25.8 Å². The predicted molar refractivity (Wildman–Crippen MR) is 94.1 cm³/mol. The Morgan fingerprint density at radius 3 is 2.75 bits per heavy atom. The normalized spacial score (nSPS) is 25.2. The fourth-order valence-corrected chi connectivity index (χ4v) is 6.63. The minimum atomic E-state index is -3.03. The summed E-state index contributed by atoms with van der Waals surface area (Å²) in [5, 5.41) is 0.631. The molecule has 7 heteroatoms. The average molecular weight is 362 g/mol. The molecule has 0 aliphatic carbocycles. The molecule has 4 rings (SSSR count). The van der Waals surface area contributed by atoms with Gasteiger partial charge in [0.05, 0.1) is 17.5 Å². The molecule has 0 unspecified atom stereocenters. The SMILES string of the molecule is Cc1ccc(Cc2cnc(N3C(=O)C[C@H]4CS(=O)(=O)C[C@H]43)s2)cc1. The van der Waals surface area contributed by atoms with Crippen molar-refractivity contribution >= 4 is 32.2 Å². The molecule has 0 radical (unpaired) electrons. The Morgan fingerprint density at radius 2 is 2.00 bits per heavy atom. The van der Waals surface area contributed by atoms with Gasteiger partial charge >= 0.3 is 0 Å². The van der Waals surface area contributed by atoms with Crippen LogP contribution in [0.3, 0.4) is 0 Å². The minimum absolute atomic E-state index is 0.00358. The van der Waals surface area contributed by atoms with Gasteiger partial charge in [0.15, 0.2) is 15.0 Å². The molecule has 2 aromatic rings. The van der Waals surface area contributed by atoms with Crippen molar-refractivity contribution in [2.24, 2.45) is 5.92 Å². The molecule has 1 amide bonds.